The lowest BCUT2D eigenvalue weighted by Crippen LogP contribution is -2.40. The van der Waals surface area contributed by atoms with Crippen LogP contribution in [0.2, 0.25) is 0 Å². The third-order valence-electron chi connectivity index (χ3n) is 6.07. The summed E-state index contributed by atoms with van der Waals surface area (Å²) in [5, 5.41) is 7.79. The zero-order valence-corrected chi connectivity index (χ0v) is 18.0. The maximum atomic E-state index is 12.0. The van der Waals surface area contributed by atoms with Crippen LogP contribution in [0.4, 0.5) is 0 Å². The van der Waals surface area contributed by atoms with Crippen molar-refractivity contribution in [1.29, 1.82) is 0 Å². The Balaban J connectivity index is 1.45. The summed E-state index contributed by atoms with van der Waals surface area (Å²) < 4.78 is 1.87. The molecule has 7 nitrogen and oxygen atoms in total. The van der Waals surface area contributed by atoms with Gasteiger partial charge in [0.1, 0.15) is 0 Å². The first kappa shape index (κ1) is 20.4. The van der Waals surface area contributed by atoms with E-state index in [1.54, 1.807) is 0 Å². The highest BCUT2D eigenvalue weighted by atomic mass is 16.2. The maximum absolute atomic E-state index is 12.0. The number of carbonyl (C=O) groups is 1. The summed E-state index contributed by atoms with van der Waals surface area (Å²) in [5.74, 6) is 1.73. The molecule has 0 radical (unpaired) electrons. The van der Waals surface area contributed by atoms with Gasteiger partial charge >= 0.3 is 0 Å². The maximum Gasteiger partial charge on any atom is 0.222 e. The fraction of sp³-hybridized carbons (Fsp3) is 0.522. The number of nitrogens with one attached hydrogen (secondary N) is 1. The summed E-state index contributed by atoms with van der Waals surface area (Å²) in [5.41, 5.74) is 3.69. The Morgan fingerprint density at radius 2 is 2.10 bits per heavy atom. The SMILES string of the molecule is CCNC(=NCc1ccccc1CN1CCCC1=O)N1CCC(c2cnn(C)c2)C1. The molecule has 0 spiro atoms. The van der Waals surface area contributed by atoms with Gasteiger partial charge in [-0.05, 0) is 36.5 Å². The first-order chi connectivity index (χ1) is 14.6. The minimum atomic E-state index is 0.264. The van der Waals surface area contributed by atoms with Gasteiger partial charge in [0.25, 0.3) is 0 Å². The quantitative estimate of drug-likeness (QED) is 0.589. The van der Waals surface area contributed by atoms with Gasteiger partial charge < -0.3 is 15.1 Å². The molecule has 3 heterocycles. The van der Waals surface area contributed by atoms with Crippen molar-refractivity contribution in [3.63, 3.8) is 0 Å². The number of hydrogen-bond acceptors (Lipinski definition) is 3. The van der Waals surface area contributed by atoms with Gasteiger partial charge in [0.05, 0.1) is 12.7 Å². The van der Waals surface area contributed by atoms with Crippen LogP contribution in [0.25, 0.3) is 0 Å². The van der Waals surface area contributed by atoms with Crippen LogP contribution in [0.15, 0.2) is 41.7 Å². The molecule has 160 valence electrons. The van der Waals surface area contributed by atoms with E-state index < -0.39 is 0 Å². The molecule has 2 saturated heterocycles. The fourth-order valence-corrected chi connectivity index (χ4v) is 4.40. The van der Waals surface area contributed by atoms with Crippen molar-refractivity contribution in [1.82, 2.24) is 24.9 Å². The molecule has 2 aliphatic heterocycles. The Morgan fingerprint density at radius 1 is 1.27 bits per heavy atom. The van der Waals surface area contributed by atoms with Crippen molar-refractivity contribution in [3.05, 3.63) is 53.3 Å². The Kier molecular flexibility index (Phi) is 6.35. The number of aromatic nitrogens is 2. The number of amides is 1. The highest BCUT2D eigenvalue weighted by molar-refractivity contribution is 5.80. The standard InChI is InChI=1S/C23H32N6O/c1-3-24-23(29-12-10-20(17-29)21-14-26-27(2)15-21)25-13-18-7-4-5-8-19(18)16-28-11-6-9-22(28)30/h4-5,7-8,14-15,20H,3,6,9-13,16-17H2,1-2H3,(H,24,25). The van der Waals surface area contributed by atoms with Gasteiger partial charge in [0.15, 0.2) is 5.96 Å². The van der Waals surface area contributed by atoms with Crippen LogP contribution in [0.3, 0.4) is 0 Å². The lowest BCUT2D eigenvalue weighted by atomic mass is 10.0. The number of likely N-dealkylation sites (tertiary alicyclic amines) is 2. The van der Waals surface area contributed by atoms with E-state index in [2.05, 4.69) is 46.6 Å². The highest BCUT2D eigenvalue weighted by Gasteiger charge is 2.27. The van der Waals surface area contributed by atoms with Crippen LogP contribution >= 0.6 is 0 Å². The van der Waals surface area contributed by atoms with Crippen molar-refractivity contribution in [2.75, 3.05) is 26.2 Å². The molecule has 2 aliphatic rings. The third kappa shape index (κ3) is 4.66. The molecule has 7 heteroatoms. The van der Waals surface area contributed by atoms with E-state index in [0.29, 0.717) is 25.4 Å². The largest absolute Gasteiger partial charge is 0.357 e. The minimum absolute atomic E-state index is 0.264. The molecule has 1 amide bonds. The molecule has 2 fully saturated rings. The van der Waals surface area contributed by atoms with Gasteiger partial charge in [0, 0.05) is 58.3 Å². The number of nitrogens with zero attached hydrogens (tertiary/aromatic N) is 5. The molecular formula is C23H32N6O. The van der Waals surface area contributed by atoms with E-state index in [4.69, 9.17) is 4.99 Å². The third-order valence-corrected chi connectivity index (χ3v) is 6.07. The minimum Gasteiger partial charge on any atom is -0.357 e. The molecule has 1 aromatic heterocycles. The Morgan fingerprint density at radius 3 is 2.80 bits per heavy atom. The zero-order valence-electron chi connectivity index (χ0n) is 18.0. The molecule has 4 rings (SSSR count). The van der Waals surface area contributed by atoms with Crippen LogP contribution in [-0.4, -0.2) is 57.6 Å². The monoisotopic (exact) mass is 408 g/mol. The van der Waals surface area contributed by atoms with Gasteiger partial charge in [-0.3, -0.25) is 9.48 Å². The van der Waals surface area contributed by atoms with Crippen molar-refractivity contribution in [2.45, 2.75) is 45.2 Å². The molecule has 1 atom stereocenters. The summed E-state index contributed by atoms with van der Waals surface area (Å²) in [6.45, 7) is 7.08. The summed E-state index contributed by atoms with van der Waals surface area (Å²) in [6, 6.07) is 8.36. The summed E-state index contributed by atoms with van der Waals surface area (Å²) in [6.07, 6.45) is 6.86. The van der Waals surface area contributed by atoms with Crippen molar-refractivity contribution in [2.24, 2.45) is 12.0 Å². The number of benzene rings is 1. The fourth-order valence-electron chi connectivity index (χ4n) is 4.40. The molecule has 2 aromatic rings. The van der Waals surface area contributed by atoms with Crippen LogP contribution in [0.5, 0.6) is 0 Å². The lowest BCUT2D eigenvalue weighted by Gasteiger charge is -2.22. The number of hydrogen-bond donors (Lipinski definition) is 1. The van der Waals surface area contributed by atoms with Crippen molar-refractivity contribution < 1.29 is 4.79 Å². The molecular weight excluding hydrogens is 376 g/mol. The summed E-state index contributed by atoms with van der Waals surface area (Å²) >= 11 is 0. The normalized spacial score (nSPS) is 19.7. The molecule has 0 bridgehead atoms. The van der Waals surface area contributed by atoms with E-state index in [0.717, 1.165) is 45.0 Å². The Labute approximate surface area is 178 Å². The van der Waals surface area contributed by atoms with E-state index in [1.807, 2.05) is 28.9 Å². The molecule has 1 unspecified atom stereocenters. The molecule has 1 N–H and O–H groups in total. The number of guanidine groups is 1. The second-order valence-electron chi connectivity index (χ2n) is 8.24. The average Bonchev–Trinajstić information content (AvgIpc) is 3.48. The number of carbonyl (C=O) groups excluding carboxylic acids is 1. The van der Waals surface area contributed by atoms with Crippen molar-refractivity contribution in [3.8, 4) is 0 Å². The van der Waals surface area contributed by atoms with E-state index in [-0.39, 0.29) is 5.91 Å². The molecule has 1 aromatic carbocycles. The Bertz CT molecular complexity index is 905. The molecule has 0 aliphatic carbocycles. The molecule has 0 saturated carbocycles. The van der Waals surface area contributed by atoms with Gasteiger partial charge in [-0.15, -0.1) is 0 Å². The number of aryl methyl sites for hydroxylation is 1. The highest BCUT2D eigenvalue weighted by Crippen LogP contribution is 2.27. The van der Waals surface area contributed by atoms with Gasteiger partial charge in [0.2, 0.25) is 5.91 Å². The Hall–Kier alpha value is -2.83. The van der Waals surface area contributed by atoms with Crippen LogP contribution < -0.4 is 5.32 Å². The molecule has 30 heavy (non-hydrogen) atoms. The van der Waals surface area contributed by atoms with Crippen LogP contribution in [-0.2, 0) is 24.9 Å². The van der Waals surface area contributed by atoms with Crippen molar-refractivity contribution >= 4 is 11.9 Å². The summed E-state index contributed by atoms with van der Waals surface area (Å²) in [7, 11) is 1.97. The summed E-state index contributed by atoms with van der Waals surface area (Å²) in [4.78, 5) is 21.3. The van der Waals surface area contributed by atoms with Gasteiger partial charge in [-0.1, -0.05) is 24.3 Å². The zero-order chi connectivity index (χ0) is 20.9. The topological polar surface area (TPSA) is 65.8 Å². The van der Waals surface area contributed by atoms with Crippen LogP contribution in [0, 0.1) is 0 Å². The second kappa shape index (κ2) is 9.32. The van der Waals surface area contributed by atoms with Crippen LogP contribution in [0.1, 0.15) is 48.8 Å². The van der Waals surface area contributed by atoms with Gasteiger partial charge in [-0.2, -0.15) is 5.10 Å². The smallest absolute Gasteiger partial charge is 0.222 e. The van der Waals surface area contributed by atoms with Gasteiger partial charge in [-0.25, -0.2) is 4.99 Å². The predicted octanol–water partition coefficient (Wildman–Crippen LogP) is 2.50. The van der Waals surface area contributed by atoms with E-state index in [1.165, 1.54) is 16.7 Å². The number of aliphatic imine (C=N–C) groups is 1. The van der Waals surface area contributed by atoms with E-state index in [9.17, 15) is 4.79 Å². The first-order valence-electron chi connectivity index (χ1n) is 11.0. The predicted molar refractivity (Wildman–Crippen MR) is 118 cm³/mol. The lowest BCUT2D eigenvalue weighted by molar-refractivity contribution is -0.128. The van der Waals surface area contributed by atoms with E-state index >= 15 is 0 Å². The average molecular weight is 409 g/mol. The second-order valence-corrected chi connectivity index (χ2v) is 8.24. The number of rotatable bonds is 6. The first-order valence-corrected chi connectivity index (χ1v) is 11.0.